The predicted molar refractivity (Wildman–Crippen MR) is 97.5 cm³/mol. The molecule has 3 rings (SSSR count). The fourth-order valence-corrected chi connectivity index (χ4v) is 5.20. The zero-order valence-corrected chi connectivity index (χ0v) is 15.2. The first-order valence-electron chi connectivity index (χ1n) is 8.58. The maximum atomic E-state index is 12.9. The second-order valence-electron chi connectivity index (χ2n) is 6.81. The first kappa shape index (κ1) is 17.2. The van der Waals surface area contributed by atoms with Gasteiger partial charge in [0.2, 0.25) is 10.0 Å². The molecule has 0 aliphatic carbocycles. The lowest BCUT2D eigenvalue weighted by Crippen LogP contribution is -2.39. The third kappa shape index (κ3) is 3.70. The minimum absolute atomic E-state index is 0.453. The van der Waals surface area contributed by atoms with Crippen LogP contribution in [-0.2, 0) is 16.4 Å². The van der Waals surface area contributed by atoms with Crippen LogP contribution in [-0.4, -0.2) is 25.8 Å². The lowest BCUT2D eigenvalue weighted by molar-refractivity contribution is 0.273. The summed E-state index contributed by atoms with van der Waals surface area (Å²) in [5.41, 5.74) is 3.27. The van der Waals surface area contributed by atoms with Gasteiger partial charge >= 0.3 is 0 Å². The minimum Gasteiger partial charge on any atom is -0.207 e. The maximum absolute atomic E-state index is 12.9. The van der Waals surface area contributed by atoms with Gasteiger partial charge in [-0.05, 0) is 56.2 Å². The number of hydrogen-bond acceptors (Lipinski definition) is 2. The molecule has 1 heterocycles. The Kier molecular flexibility index (Phi) is 5.07. The van der Waals surface area contributed by atoms with E-state index in [4.69, 9.17) is 0 Å². The van der Waals surface area contributed by atoms with Crippen LogP contribution in [0.1, 0.15) is 29.5 Å². The first-order chi connectivity index (χ1) is 11.5. The SMILES string of the molecule is Cc1ccc(S(=O)(=O)N2CCC(Cc3ccccc3)CC2)c(C)c1. The Morgan fingerprint density at radius 2 is 1.67 bits per heavy atom. The Bertz CT molecular complexity index is 792. The Balaban J connectivity index is 1.67. The molecule has 4 heteroatoms. The molecule has 24 heavy (non-hydrogen) atoms. The third-order valence-electron chi connectivity index (χ3n) is 4.89. The van der Waals surface area contributed by atoms with Gasteiger partial charge in [0.15, 0.2) is 0 Å². The normalized spacial score (nSPS) is 17.1. The fourth-order valence-electron chi connectivity index (χ4n) is 3.53. The van der Waals surface area contributed by atoms with Crippen LogP contribution in [0, 0.1) is 19.8 Å². The molecular formula is C20H25NO2S. The molecule has 0 N–H and O–H groups in total. The van der Waals surface area contributed by atoms with Crippen LogP contribution in [0.3, 0.4) is 0 Å². The van der Waals surface area contributed by atoms with Gasteiger partial charge in [-0.2, -0.15) is 4.31 Å². The summed E-state index contributed by atoms with van der Waals surface area (Å²) in [5.74, 6) is 0.568. The molecule has 0 radical (unpaired) electrons. The molecule has 1 saturated heterocycles. The van der Waals surface area contributed by atoms with Crippen LogP contribution in [0.25, 0.3) is 0 Å². The number of sulfonamides is 1. The van der Waals surface area contributed by atoms with Gasteiger partial charge in [-0.25, -0.2) is 8.42 Å². The maximum Gasteiger partial charge on any atom is 0.243 e. The van der Waals surface area contributed by atoms with Crippen molar-refractivity contribution < 1.29 is 8.42 Å². The van der Waals surface area contributed by atoms with Gasteiger partial charge in [0.25, 0.3) is 0 Å². The number of aryl methyl sites for hydroxylation is 2. The number of hydrogen-bond donors (Lipinski definition) is 0. The van der Waals surface area contributed by atoms with Gasteiger partial charge in [0, 0.05) is 13.1 Å². The zero-order chi connectivity index (χ0) is 17.2. The van der Waals surface area contributed by atoms with Crippen molar-refractivity contribution >= 4 is 10.0 Å². The quantitative estimate of drug-likeness (QED) is 0.843. The molecule has 0 atom stereocenters. The van der Waals surface area contributed by atoms with E-state index in [0.717, 1.165) is 30.4 Å². The highest BCUT2D eigenvalue weighted by molar-refractivity contribution is 7.89. The van der Waals surface area contributed by atoms with Crippen LogP contribution in [0.5, 0.6) is 0 Å². The van der Waals surface area contributed by atoms with E-state index in [-0.39, 0.29) is 0 Å². The summed E-state index contributed by atoms with van der Waals surface area (Å²) < 4.78 is 27.5. The standard InChI is InChI=1S/C20H25NO2S/c1-16-8-9-20(17(2)14-16)24(22,23)21-12-10-19(11-13-21)15-18-6-4-3-5-7-18/h3-9,14,19H,10-13,15H2,1-2H3. The third-order valence-corrected chi connectivity index (χ3v) is 6.95. The molecule has 3 nitrogen and oxygen atoms in total. The van der Waals surface area contributed by atoms with Crippen molar-refractivity contribution in [3.63, 3.8) is 0 Å². The summed E-state index contributed by atoms with van der Waals surface area (Å²) in [4.78, 5) is 0.453. The fraction of sp³-hybridized carbons (Fsp3) is 0.400. The summed E-state index contributed by atoms with van der Waals surface area (Å²) in [6.45, 7) is 5.10. The van der Waals surface area contributed by atoms with E-state index in [0.29, 0.717) is 23.9 Å². The summed E-state index contributed by atoms with van der Waals surface area (Å²) in [5, 5.41) is 0. The van der Waals surface area contributed by atoms with Crippen molar-refractivity contribution in [3.05, 3.63) is 65.2 Å². The molecule has 0 amide bonds. The Morgan fingerprint density at radius 3 is 2.29 bits per heavy atom. The average molecular weight is 343 g/mol. The number of rotatable bonds is 4. The van der Waals surface area contributed by atoms with E-state index < -0.39 is 10.0 Å². The summed E-state index contributed by atoms with van der Waals surface area (Å²) >= 11 is 0. The van der Waals surface area contributed by atoms with Gasteiger partial charge in [-0.3, -0.25) is 0 Å². The highest BCUT2D eigenvalue weighted by atomic mass is 32.2. The molecule has 2 aromatic rings. The Hall–Kier alpha value is -1.65. The number of nitrogens with zero attached hydrogens (tertiary/aromatic N) is 1. The van der Waals surface area contributed by atoms with Crippen molar-refractivity contribution in [1.82, 2.24) is 4.31 Å². The van der Waals surface area contributed by atoms with E-state index in [1.807, 2.05) is 32.0 Å². The molecule has 1 aliphatic heterocycles. The number of piperidine rings is 1. The Labute approximate surface area is 145 Å². The van der Waals surface area contributed by atoms with E-state index >= 15 is 0 Å². The predicted octanol–water partition coefficient (Wildman–Crippen LogP) is 3.95. The largest absolute Gasteiger partial charge is 0.243 e. The molecule has 2 aromatic carbocycles. The molecule has 1 aliphatic rings. The van der Waals surface area contributed by atoms with Crippen LogP contribution in [0.15, 0.2) is 53.4 Å². The van der Waals surface area contributed by atoms with Gasteiger partial charge in [0.05, 0.1) is 4.90 Å². The smallest absolute Gasteiger partial charge is 0.207 e. The molecule has 0 spiro atoms. The first-order valence-corrected chi connectivity index (χ1v) is 10.0. The molecule has 128 valence electrons. The van der Waals surface area contributed by atoms with E-state index in [2.05, 4.69) is 24.3 Å². The van der Waals surface area contributed by atoms with Gasteiger partial charge in [-0.15, -0.1) is 0 Å². The van der Waals surface area contributed by atoms with Gasteiger partial charge in [0.1, 0.15) is 0 Å². The average Bonchev–Trinajstić information content (AvgIpc) is 2.56. The lowest BCUT2D eigenvalue weighted by atomic mass is 9.91. The highest BCUT2D eigenvalue weighted by Crippen LogP contribution is 2.27. The van der Waals surface area contributed by atoms with Crippen molar-refractivity contribution in [1.29, 1.82) is 0 Å². The van der Waals surface area contributed by atoms with E-state index in [1.165, 1.54) is 5.56 Å². The van der Waals surface area contributed by atoms with Crippen molar-refractivity contribution in [2.75, 3.05) is 13.1 Å². The minimum atomic E-state index is -3.37. The Morgan fingerprint density at radius 1 is 1.00 bits per heavy atom. The molecular weight excluding hydrogens is 318 g/mol. The highest BCUT2D eigenvalue weighted by Gasteiger charge is 2.30. The molecule has 0 saturated carbocycles. The van der Waals surface area contributed by atoms with Crippen LogP contribution in [0.2, 0.25) is 0 Å². The molecule has 0 bridgehead atoms. The second kappa shape index (κ2) is 7.08. The summed E-state index contributed by atoms with van der Waals surface area (Å²) in [7, 11) is -3.37. The second-order valence-corrected chi connectivity index (χ2v) is 8.71. The van der Waals surface area contributed by atoms with Crippen molar-refractivity contribution in [3.8, 4) is 0 Å². The number of benzene rings is 2. The van der Waals surface area contributed by atoms with Crippen LogP contribution < -0.4 is 0 Å². The van der Waals surface area contributed by atoms with Gasteiger partial charge < -0.3 is 0 Å². The zero-order valence-electron chi connectivity index (χ0n) is 14.4. The van der Waals surface area contributed by atoms with Crippen LogP contribution in [0.4, 0.5) is 0 Å². The van der Waals surface area contributed by atoms with Crippen molar-refractivity contribution in [2.45, 2.75) is 38.0 Å². The van der Waals surface area contributed by atoms with Crippen LogP contribution >= 0.6 is 0 Å². The molecule has 0 unspecified atom stereocenters. The van der Waals surface area contributed by atoms with E-state index in [1.54, 1.807) is 10.4 Å². The van der Waals surface area contributed by atoms with Gasteiger partial charge in [-0.1, -0.05) is 48.0 Å². The van der Waals surface area contributed by atoms with Crippen molar-refractivity contribution in [2.24, 2.45) is 5.92 Å². The lowest BCUT2D eigenvalue weighted by Gasteiger charge is -2.31. The van der Waals surface area contributed by atoms with E-state index in [9.17, 15) is 8.42 Å². The summed E-state index contributed by atoms with van der Waals surface area (Å²) in [6, 6.07) is 16.0. The molecule has 0 aromatic heterocycles. The summed E-state index contributed by atoms with van der Waals surface area (Å²) in [6.07, 6.45) is 2.90. The molecule has 1 fully saturated rings. The topological polar surface area (TPSA) is 37.4 Å². The monoisotopic (exact) mass is 343 g/mol.